The fourth-order valence-corrected chi connectivity index (χ4v) is 2.79. The Morgan fingerprint density at radius 2 is 2.03 bits per heavy atom. The molecule has 2 aromatic rings. The summed E-state index contributed by atoms with van der Waals surface area (Å²) in [6.45, 7) is 1.11. The molecular weight excluding hydrogens is 385 g/mol. The zero-order valence-electron chi connectivity index (χ0n) is 15.6. The van der Waals surface area contributed by atoms with Crippen molar-refractivity contribution in [3.05, 3.63) is 59.7 Å². The van der Waals surface area contributed by atoms with Gasteiger partial charge in [0.15, 0.2) is 6.61 Å². The molecule has 1 fully saturated rings. The lowest BCUT2D eigenvalue weighted by Crippen LogP contribution is -2.35. The SMILES string of the molecule is O=C(COc1ccc(C=Nc2cccc(C(F)(F)F)c2)cc1)NC[C@H]1CCCO1. The summed E-state index contributed by atoms with van der Waals surface area (Å²) in [5, 5.41) is 2.77. The number of aliphatic imine (C=N–C) groups is 1. The highest BCUT2D eigenvalue weighted by Crippen LogP contribution is 2.31. The Kier molecular flexibility index (Phi) is 6.87. The van der Waals surface area contributed by atoms with Gasteiger partial charge in [0.2, 0.25) is 0 Å². The predicted octanol–water partition coefficient (Wildman–Crippen LogP) is 4.13. The fraction of sp³-hybridized carbons (Fsp3) is 0.333. The standard InChI is InChI=1S/C21H21F3N2O3/c22-21(23,24)16-3-1-4-17(11-16)25-12-15-6-8-18(9-7-15)29-14-20(27)26-13-19-5-2-10-28-19/h1,3-4,6-9,11-12,19H,2,5,10,13-14H2,(H,26,27)/t19-/m1/s1. The Hall–Kier alpha value is -2.87. The summed E-state index contributed by atoms with van der Waals surface area (Å²) in [7, 11) is 0. The van der Waals surface area contributed by atoms with Crippen LogP contribution in [0.3, 0.4) is 0 Å². The molecule has 5 nitrogen and oxygen atoms in total. The number of hydrogen-bond donors (Lipinski definition) is 1. The number of halogens is 3. The van der Waals surface area contributed by atoms with Crippen LogP contribution >= 0.6 is 0 Å². The van der Waals surface area contributed by atoms with Crippen LogP contribution in [0.4, 0.5) is 18.9 Å². The molecule has 1 saturated heterocycles. The van der Waals surface area contributed by atoms with Gasteiger partial charge < -0.3 is 14.8 Å². The van der Waals surface area contributed by atoms with E-state index in [-0.39, 0.29) is 24.3 Å². The van der Waals surface area contributed by atoms with Gasteiger partial charge in [-0.25, -0.2) is 0 Å². The minimum Gasteiger partial charge on any atom is -0.484 e. The van der Waals surface area contributed by atoms with Crippen molar-refractivity contribution in [1.29, 1.82) is 0 Å². The number of ether oxygens (including phenoxy) is 2. The van der Waals surface area contributed by atoms with E-state index < -0.39 is 11.7 Å². The number of amides is 1. The van der Waals surface area contributed by atoms with Crippen molar-refractivity contribution in [2.24, 2.45) is 4.99 Å². The summed E-state index contributed by atoms with van der Waals surface area (Å²) < 4.78 is 49.1. The van der Waals surface area contributed by atoms with Crippen LogP contribution in [-0.4, -0.2) is 38.0 Å². The molecule has 0 aromatic heterocycles. The molecule has 1 amide bonds. The molecule has 1 N–H and O–H groups in total. The minimum absolute atomic E-state index is 0.0781. The summed E-state index contributed by atoms with van der Waals surface area (Å²) in [6, 6.07) is 11.6. The highest BCUT2D eigenvalue weighted by Gasteiger charge is 2.30. The van der Waals surface area contributed by atoms with E-state index >= 15 is 0 Å². The van der Waals surface area contributed by atoms with E-state index in [1.54, 1.807) is 24.3 Å². The summed E-state index contributed by atoms with van der Waals surface area (Å²) in [5.74, 6) is 0.282. The zero-order chi connectivity index (χ0) is 20.7. The van der Waals surface area contributed by atoms with E-state index in [0.717, 1.165) is 31.6 Å². The molecule has 1 aliphatic heterocycles. The number of nitrogens with one attached hydrogen (secondary N) is 1. The van der Waals surface area contributed by atoms with E-state index in [1.807, 2.05) is 0 Å². The Morgan fingerprint density at radius 1 is 1.24 bits per heavy atom. The van der Waals surface area contributed by atoms with Gasteiger partial charge in [0.1, 0.15) is 5.75 Å². The van der Waals surface area contributed by atoms with Gasteiger partial charge in [0.05, 0.1) is 17.4 Å². The van der Waals surface area contributed by atoms with Crippen LogP contribution in [-0.2, 0) is 15.7 Å². The number of rotatable bonds is 7. The fourth-order valence-electron chi connectivity index (χ4n) is 2.79. The molecule has 3 rings (SSSR count). The van der Waals surface area contributed by atoms with Crippen molar-refractivity contribution in [1.82, 2.24) is 5.32 Å². The van der Waals surface area contributed by atoms with Crippen LogP contribution in [0.1, 0.15) is 24.0 Å². The molecule has 1 aliphatic rings. The lowest BCUT2D eigenvalue weighted by atomic mass is 10.2. The molecule has 0 saturated carbocycles. The largest absolute Gasteiger partial charge is 0.484 e. The van der Waals surface area contributed by atoms with Gasteiger partial charge in [-0.15, -0.1) is 0 Å². The normalized spacial score (nSPS) is 16.9. The van der Waals surface area contributed by atoms with Crippen LogP contribution in [0.15, 0.2) is 53.5 Å². The second kappa shape index (κ2) is 9.56. The van der Waals surface area contributed by atoms with Gasteiger partial charge in [-0.3, -0.25) is 9.79 Å². The summed E-state index contributed by atoms with van der Waals surface area (Å²) in [5.41, 5.74) is 0.161. The van der Waals surface area contributed by atoms with Crippen LogP contribution < -0.4 is 10.1 Å². The third kappa shape index (κ3) is 6.60. The molecule has 1 atom stereocenters. The molecule has 0 bridgehead atoms. The second-order valence-corrected chi connectivity index (χ2v) is 6.60. The molecular formula is C21H21F3N2O3. The van der Waals surface area contributed by atoms with Crippen LogP contribution in [0.5, 0.6) is 5.75 Å². The highest BCUT2D eigenvalue weighted by molar-refractivity contribution is 5.82. The summed E-state index contributed by atoms with van der Waals surface area (Å²) >= 11 is 0. The van der Waals surface area contributed by atoms with Gasteiger partial charge in [-0.2, -0.15) is 13.2 Å². The van der Waals surface area contributed by atoms with Gasteiger partial charge in [-0.1, -0.05) is 6.07 Å². The van der Waals surface area contributed by atoms with Gasteiger partial charge in [-0.05, 0) is 60.9 Å². The van der Waals surface area contributed by atoms with E-state index in [1.165, 1.54) is 18.3 Å². The first kappa shape index (κ1) is 20.9. The van der Waals surface area contributed by atoms with Crippen LogP contribution in [0.2, 0.25) is 0 Å². The predicted molar refractivity (Wildman–Crippen MR) is 103 cm³/mol. The Balaban J connectivity index is 1.48. The van der Waals surface area contributed by atoms with E-state index in [9.17, 15) is 18.0 Å². The maximum atomic E-state index is 12.7. The van der Waals surface area contributed by atoms with E-state index in [2.05, 4.69) is 10.3 Å². The molecule has 154 valence electrons. The molecule has 0 unspecified atom stereocenters. The van der Waals surface area contributed by atoms with E-state index in [4.69, 9.17) is 9.47 Å². The lowest BCUT2D eigenvalue weighted by Gasteiger charge is -2.11. The van der Waals surface area contributed by atoms with E-state index in [0.29, 0.717) is 17.9 Å². The van der Waals surface area contributed by atoms with Crippen LogP contribution in [0.25, 0.3) is 0 Å². The number of benzene rings is 2. The molecule has 1 heterocycles. The average Bonchev–Trinajstić information content (AvgIpc) is 3.23. The van der Waals surface area contributed by atoms with Crippen molar-refractivity contribution >= 4 is 17.8 Å². The Labute approximate surface area is 166 Å². The monoisotopic (exact) mass is 406 g/mol. The first-order valence-electron chi connectivity index (χ1n) is 9.23. The van der Waals surface area contributed by atoms with Crippen molar-refractivity contribution in [3.8, 4) is 5.75 Å². The molecule has 29 heavy (non-hydrogen) atoms. The topological polar surface area (TPSA) is 59.9 Å². The average molecular weight is 406 g/mol. The van der Waals surface area contributed by atoms with Crippen molar-refractivity contribution in [3.63, 3.8) is 0 Å². The smallest absolute Gasteiger partial charge is 0.416 e. The summed E-state index contributed by atoms with van der Waals surface area (Å²) in [6.07, 6.45) is -0.895. The van der Waals surface area contributed by atoms with Crippen molar-refractivity contribution in [2.45, 2.75) is 25.1 Å². The third-order valence-corrected chi connectivity index (χ3v) is 4.34. The van der Waals surface area contributed by atoms with Crippen molar-refractivity contribution < 1.29 is 27.4 Å². The number of alkyl halides is 3. The molecule has 0 radical (unpaired) electrons. The second-order valence-electron chi connectivity index (χ2n) is 6.60. The number of carbonyl (C=O) groups is 1. The molecule has 8 heteroatoms. The quantitative estimate of drug-likeness (QED) is 0.704. The minimum atomic E-state index is -4.40. The first-order valence-corrected chi connectivity index (χ1v) is 9.23. The van der Waals surface area contributed by atoms with Gasteiger partial charge >= 0.3 is 6.18 Å². The first-order chi connectivity index (χ1) is 13.9. The number of carbonyl (C=O) groups excluding carboxylic acids is 1. The molecule has 2 aromatic carbocycles. The van der Waals surface area contributed by atoms with Gasteiger partial charge in [0, 0.05) is 19.4 Å². The maximum absolute atomic E-state index is 12.7. The number of nitrogens with zero attached hydrogens (tertiary/aromatic N) is 1. The summed E-state index contributed by atoms with van der Waals surface area (Å²) in [4.78, 5) is 15.9. The Morgan fingerprint density at radius 3 is 2.72 bits per heavy atom. The number of hydrogen-bond acceptors (Lipinski definition) is 4. The third-order valence-electron chi connectivity index (χ3n) is 4.34. The van der Waals surface area contributed by atoms with Gasteiger partial charge in [0.25, 0.3) is 5.91 Å². The van der Waals surface area contributed by atoms with Crippen LogP contribution in [0, 0.1) is 0 Å². The molecule has 0 aliphatic carbocycles. The lowest BCUT2D eigenvalue weighted by molar-refractivity contribution is -0.137. The maximum Gasteiger partial charge on any atom is 0.416 e. The molecule has 0 spiro atoms. The highest BCUT2D eigenvalue weighted by atomic mass is 19.4. The van der Waals surface area contributed by atoms with Crippen molar-refractivity contribution in [2.75, 3.05) is 19.8 Å². The Bertz CT molecular complexity index is 845. The zero-order valence-corrected chi connectivity index (χ0v) is 15.6.